The number of epoxide rings is 1. The lowest BCUT2D eigenvalue weighted by atomic mass is 9.46. The first-order chi connectivity index (χ1) is 13.8. The summed E-state index contributed by atoms with van der Waals surface area (Å²) in [4.78, 5) is 11.7. The summed E-state index contributed by atoms with van der Waals surface area (Å²) < 4.78 is 6.58. The normalized spacial score (nSPS) is 53.8. The van der Waals surface area contributed by atoms with Gasteiger partial charge in [0.05, 0.1) is 18.3 Å². The highest BCUT2D eigenvalue weighted by Crippen LogP contribution is 2.72. The van der Waals surface area contributed by atoms with Gasteiger partial charge < -0.3 is 20.3 Å². The first-order valence-electron chi connectivity index (χ1n) is 12.1. The Morgan fingerprint density at radius 3 is 2.72 bits per heavy atom. The van der Waals surface area contributed by atoms with Crippen LogP contribution in [-0.2, 0) is 9.53 Å². The molecular weight excluding hydrogens is 366 g/mol. The second kappa shape index (κ2) is 6.93. The lowest BCUT2D eigenvalue weighted by Gasteiger charge is -2.59. The molecule has 0 aromatic heterocycles. The monoisotopic (exact) mass is 405 g/mol. The fourth-order valence-electron chi connectivity index (χ4n) is 8.70. The van der Waals surface area contributed by atoms with Crippen LogP contribution in [0.2, 0.25) is 0 Å². The van der Waals surface area contributed by atoms with Crippen molar-refractivity contribution in [3.63, 3.8) is 0 Å². The third kappa shape index (κ3) is 2.86. The fourth-order valence-corrected chi connectivity index (χ4v) is 8.70. The molecule has 0 radical (unpaired) electrons. The number of carbonyl (C=O) groups excluding carboxylic acids is 1. The summed E-state index contributed by atoms with van der Waals surface area (Å²) in [6, 6.07) is 0. The van der Waals surface area contributed by atoms with Crippen molar-refractivity contribution < 1.29 is 19.7 Å². The average Bonchev–Trinajstić information content (AvgIpc) is 3.30. The number of nitrogens with one attached hydrogen (secondary N) is 1. The van der Waals surface area contributed by atoms with E-state index in [1.165, 1.54) is 6.42 Å². The molecule has 4 saturated carbocycles. The third-order valence-corrected chi connectivity index (χ3v) is 10.3. The van der Waals surface area contributed by atoms with Crippen molar-refractivity contribution >= 4 is 5.91 Å². The zero-order valence-corrected chi connectivity index (χ0v) is 18.3. The van der Waals surface area contributed by atoms with E-state index in [4.69, 9.17) is 4.74 Å². The number of hydrogen-bond donors (Lipinski definition) is 3. The molecule has 5 rings (SSSR count). The molecular formula is C24H39NO4. The topological polar surface area (TPSA) is 82.1 Å². The van der Waals surface area contributed by atoms with Gasteiger partial charge in [0.25, 0.3) is 0 Å². The van der Waals surface area contributed by atoms with Gasteiger partial charge >= 0.3 is 0 Å². The summed E-state index contributed by atoms with van der Waals surface area (Å²) in [7, 11) is 1.71. The predicted molar refractivity (Wildman–Crippen MR) is 110 cm³/mol. The van der Waals surface area contributed by atoms with Crippen LogP contribution in [0.15, 0.2) is 0 Å². The van der Waals surface area contributed by atoms with Crippen LogP contribution in [0.25, 0.3) is 0 Å². The number of rotatable bonds is 4. The fraction of sp³-hybridized carbons (Fsp3) is 0.958. The number of amides is 1. The van der Waals surface area contributed by atoms with Crippen LogP contribution in [0, 0.1) is 40.9 Å². The zero-order chi connectivity index (χ0) is 20.6. The number of hydrogen-bond acceptors (Lipinski definition) is 4. The highest BCUT2D eigenvalue weighted by Gasteiger charge is 2.76. The summed E-state index contributed by atoms with van der Waals surface area (Å²) in [5.41, 5.74) is 0.214. The molecule has 29 heavy (non-hydrogen) atoms. The molecule has 11 unspecified atom stereocenters. The highest BCUT2D eigenvalue weighted by molar-refractivity contribution is 5.75. The molecule has 1 saturated heterocycles. The summed E-state index contributed by atoms with van der Waals surface area (Å²) in [6.45, 7) is 4.74. The van der Waals surface area contributed by atoms with E-state index in [9.17, 15) is 15.0 Å². The van der Waals surface area contributed by atoms with Gasteiger partial charge in [-0.05, 0) is 92.3 Å². The molecule has 5 fully saturated rings. The molecule has 5 nitrogen and oxygen atoms in total. The van der Waals surface area contributed by atoms with Crippen molar-refractivity contribution in [1.29, 1.82) is 0 Å². The molecule has 0 aromatic rings. The molecule has 11 atom stereocenters. The minimum Gasteiger partial charge on any atom is -0.393 e. The van der Waals surface area contributed by atoms with Gasteiger partial charge in [0.2, 0.25) is 5.91 Å². The summed E-state index contributed by atoms with van der Waals surface area (Å²) in [5, 5.41) is 24.2. The maximum absolute atomic E-state index is 11.7. The van der Waals surface area contributed by atoms with E-state index < -0.39 is 0 Å². The molecule has 1 amide bonds. The second-order valence-electron chi connectivity index (χ2n) is 11.3. The van der Waals surface area contributed by atoms with Crippen LogP contribution in [0.5, 0.6) is 0 Å². The first-order valence-corrected chi connectivity index (χ1v) is 12.1. The number of fused-ring (bicyclic) bond motifs is 4. The second-order valence-corrected chi connectivity index (χ2v) is 11.3. The lowest BCUT2D eigenvalue weighted by Crippen LogP contribution is -2.59. The van der Waals surface area contributed by atoms with Crippen LogP contribution in [-0.4, -0.2) is 47.1 Å². The Labute approximate surface area is 175 Å². The lowest BCUT2D eigenvalue weighted by molar-refractivity contribution is -0.150. The van der Waals surface area contributed by atoms with Gasteiger partial charge in [-0.3, -0.25) is 4.79 Å². The van der Waals surface area contributed by atoms with Gasteiger partial charge in [-0.2, -0.15) is 0 Å². The Balaban J connectivity index is 1.36. The SMILES string of the molecule is CNC(=O)CCC(C)C1CCC2C3C(O)CC4CC(O)CCC4(C)C3CC3OC312. The van der Waals surface area contributed by atoms with E-state index in [-0.39, 0.29) is 29.1 Å². The Morgan fingerprint density at radius 2 is 1.97 bits per heavy atom. The Hall–Kier alpha value is -0.650. The summed E-state index contributed by atoms with van der Waals surface area (Å²) in [6.07, 6.45) is 8.54. The Bertz CT molecular complexity index is 669. The molecule has 5 aliphatic rings. The number of ether oxygens (including phenoxy) is 1. The van der Waals surface area contributed by atoms with E-state index >= 15 is 0 Å². The maximum atomic E-state index is 11.7. The van der Waals surface area contributed by atoms with Crippen molar-refractivity contribution in [2.45, 2.75) is 95.5 Å². The van der Waals surface area contributed by atoms with Crippen molar-refractivity contribution in [2.24, 2.45) is 40.9 Å². The predicted octanol–water partition coefficient (Wildman–Crippen LogP) is 2.88. The average molecular weight is 406 g/mol. The smallest absolute Gasteiger partial charge is 0.219 e. The summed E-state index contributed by atoms with van der Waals surface area (Å²) >= 11 is 0. The molecule has 164 valence electrons. The standard InChI is InChI=1S/C24H39NO4/c1-13(4-7-21(28)25-3)16-5-6-17-22-18(12-20-24(16,17)29-20)23(2)9-8-15(26)10-14(23)11-19(22)27/h13-20,22,26-27H,4-12H2,1-3H3,(H,25,28). The van der Waals surface area contributed by atoms with E-state index in [2.05, 4.69) is 19.2 Å². The minimum atomic E-state index is -0.254. The van der Waals surface area contributed by atoms with E-state index in [0.717, 1.165) is 44.9 Å². The third-order valence-electron chi connectivity index (χ3n) is 10.3. The van der Waals surface area contributed by atoms with Crippen molar-refractivity contribution in [3.8, 4) is 0 Å². The Kier molecular flexibility index (Phi) is 4.84. The molecule has 1 aliphatic heterocycles. The van der Waals surface area contributed by atoms with Crippen LogP contribution >= 0.6 is 0 Å². The van der Waals surface area contributed by atoms with Gasteiger partial charge in [-0.15, -0.1) is 0 Å². The zero-order valence-electron chi connectivity index (χ0n) is 18.3. The molecule has 3 N–H and O–H groups in total. The largest absolute Gasteiger partial charge is 0.393 e. The van der Waals surface area contributed by atoms with Crippen molar-refractivity contribution in [2.75, 3.05) is 7.05 Å². The van der Waals surface area contributed by atoms with Gasteiger partial charge in [0.1, 0.15) is 5.60 Å². The van der Waals surface area contributed by atoms with E-state index in [1.54, 1.807) is 7.05 Å². The van der Waals surface area contributed by atoms with Gasteiger partial charge in [0, 0.05) is 13.5 Å². The highest BCUT2D eigenvalue weighted by atomic mass is 16.6. The van der Waals surface area contributed by atoms with Crippen molar-refractivity contribution in [3.05, 3.63) is 0 Å². The molecule has 4 aliphatic carbocycles. The van der Waals surface area contributed by atoms with E-state index in [0.29, 0.717) is 48.0 Å². The maximum Gasteiger partial charge on any atom is 0.219 e. The molecule has 1 spiro atoms. The number of carbonyl (C=O) groups is 1. The van der Waals surface area contributed by atoms with Crippen LogP contribution in [0.4, 0.5) is 0 Å². The van der Waals surface area contributed by atoms with Crippen molar-refractivity contribution in [1.82, 2.24) is 5.32 Å². The van der Waals surface area contributed by atoms with Crippen LogP contribution in [0.3, 0.4) is 0 Å². The van der Waals surface area contributed by atoms with Crippen LogP contribution in [0.1, 0.15) is 71.6 Å². The number of aliphatic hydroxyl groups is 2. The molecule has 5 heteroatoms. The number of aliphatic hydroxyl groups excluding tert-OH is 2. The first kappa shape index (κ1) is 20.3. The Morgan fingerprint density at radius 1 is 1.17 bits per heavy atom. The summed E-state index contributed by atoms with van der Waals surface area (Å²) in [5.74, 6) is 2.91. The quantitative estimate of drug-likeness (QED) is 0.628. The van der Waals surface area contributed by atoms with Gasteiger partial charge in [-0.1, -0.05) is 13.8 Å². The van der Waals surface area contributed by atoms with Gasteiger partial charge in [0.15, 0.2) is 0 Å². The molecule has 1 heterocycles. The molecule has 0 aromatic carbocycles. The molecule has 0 bridgehead atoms. The van der Waals surface area contributed by atoms with Gasteiger partial charge in [-0.25, -0.2) is 0 Å². The minimum absolute atomic E-state index is 0.0262. The van der Waals surface area contributed by atoms with Crippen LogP contribution < -0.4 is 5.32 Å². The van der Waals surface area contributed by atoms with E-state index in [1.807, 2.05) is 0 Å².